The van der Waals surface area contributed by atoms with Gasteiger partial charge in [0, 0.05) is 18.2 Å². The van der Waals surface area contributed by atoms with E-state index in [1.807, 2.05) is 13.1 Å². The van der Waals surface area contributed by atoms with Crippen LogP contribution in [0.15, 0.2) is 18.2 Å². The summed E-state index contributed by atoms with van der Waals surface area (Å²) in [5.74, 6) is 2.74. The SMILES string of the molecule is CCCOc1ccc(CNC)c(OC2CCC(C)CC2)c1. The first-order valence-corrected chi connectivity index (χ1v) is 8.30. The number of hydrogen-bond acceptors (Lipinski definition) is 3. The van der Waals surface area contributed by atoms with Crippen LogP contribution in [-0.4, -0.2) is 19.8 Å². The van der Waals surface area contributed by atoms with Gasteiger partial charge in [-0.1, -0.05) is 19.9 Å². The zero-order valence-corrected chi connectivity index (χ0v) is 13.7. The fourth-order valence-electron chi connectivity index (χ4n) is 2.82. The van der Waals surface area contributed by atoms with Crippen molar-refractivity contribution in [2.24, 2.45) is 5.92 Å². The van der Waals surface area contributed by atoms with Gasteiger partial charge < -0.3 is 14.8 Å². The quantitative estimate of drug-likeness (QED) is 0.818. The average molecular weight is 291 g/mol. The minimum Gasteiger partial charge on any atom is -0.493 e. The summed E-state index contributed by atoms with van der Waals surface area (Å²) < 4.78 is 12.0. The van der Waals surface area contributed by atoms with Gasteiger partial charge in [0.05, 0.1) is 12.7 Å². The minimum absolute atomic E-state index is 0.359. The zero-order valence-electron chi connectivity index (χ0n) is 13.7. The normalized spacial score (nSPS) is 22.0. The van der Waals surface area contributed by atoms with Gasteiger partial charge in [-0.05, 0) is 51.1 Å². The molecule has 0 bridgehead atoms. The fraction of sp³-hybridized carbons (Fsp3) is 0.667. The second-order valence-corrected chi connectivity index (χ2v) is 6.15. The smallest absolute Gasteiger partial charge is 0.127 e. The third-order valence-electron chi connectivity index (χ3n) is 4.14. The van der Waals surface area contributed by atoms with E-state index >= 15 is 0 Å². The third-order valence-corrected chi connectivity index (χ3v) is 4.14. The van der Waals surface area contributed by atoms with Crippen molar-refractivity contribution in [3.05, 3.63) is 23.8 Å². The molecule has 1 aromatic carbocycles. The largest absolute Gasteiger partial charge is 0.493 e. The fourth-order valence-corrected chi connectivity index (χ4v) is 2.82. The van der Waals surface area contributed by atoms with E-state index in [-0.39, 0.29) is 0 Å². The molecule has 0 atom stereocenters. The van der Waals surface area contributed by atoms with E-state index in [0.29, 0.717) is 6.10 Å². The van der Waals surface area contributed by atoms with E-state index in [1.165, 1.54) is 31.2 Å². The van der Waals surface area contributed by atoms with Crippen LogP contribution in [0.5, 0.6) is 11.5 Å². The number of nitrogens with one attached hydrogen (secondary N) is 1. The molecule has 0 saturated heterocycles. The van der Waals surface area contributed by atoms with Crippen molar-refractivity contribution < 1.29 is 9.47 Å². The van der Waals surface area contributed by atoms with Crippen molar-refractivity contribution in [1.82, 2.24) is 5.32 Å². The van der Waals surface area contributed by atoms with E-state index in [9.17, 15) is 0 Å². The van der Waals surface area contributed by atoms with Crippen molar-refractivity contribution in [2.75, 3.05) is 13.7 Å². The Morgan fingerprint density at radius 1 is 1.19 bits per heavy atom. The van der Waals surface area contributed by atoms with E-state index in [4.69, 9.17) is 9.47 Å². The summed E-state index contributed by atoms with van der Waals surface area (Å²) in [6.45, 7) is 6.04. The van der Waals surface area contributed by atoms with Gasteiger partial charge in [0.2, 0.25) is 0 Å². The molecule has 0 aromatic heterocycles. The molecule has 1 N–H and O–H groups in total. The average Bonchev–Trinajstić information content (AvgIpc) is 2.50. The maximum absolute atomic E-state index is 6.29. The Balaban J connectivity index is 2.06. The first-order valence-electron chi connectivity index (χ1n) is 8.30. The zero-order chi connectivity index (χ0) is 15.1. The lowest BCUT2D eigenvalue weighted by Crippen LogP contribution is -2.24. The molecule has 1 saturated carbocycles. The summed E-state index contributed by atoms with van der Waals surface area (Å²) in [6.07, 6.45) is 6.27. The maximum atomic E-state index is 6.29. The molecule has 118 valence electrons. The Hall–Kier alpha value is -1.22. The van der Waals surface area contributed by atoms with Crippen LogP contribution in [0.4, 0.5) is 0 Å². The van der Waals surface area contributed by atoms with Gasteiger partial charge in [-0.15, -0.1) is 0 Å². The van der Waals surface area contributed by atoms with Crippen LogP contribution in [0.1, 0.15) is 51.5 Å². The molecule has 0 radical (unpaired) electrons. The lowest BCUT2D eigenvalue weighted by Gasteiger charge is -2.28. The molecule has 1 fully saturated rings. The van der Waals surface area contributed by atoms with Crippen LogP contribution in [0.25, 0.3) is 0 Å². The van der Waals surface area contributed by atoms with E-state index in [0.717, 1.165) is 37.0 Å². The first kappa shape index (κ1) is 16.2. The van der Waals surface area contributed by atoms with Crippen LogP contribution in [0.2, 0.25) is 0 Å². The molecule has 0 heterocycles. The predicted octanol–water partition coefficient (Wildman–Crippen LogP) is 4.15. The Bertz CT molecular complexity index is 425. The summed E-state index contributed by atoms with van der Waals surface area (Å²) in [5.41, 5.74) is 1.21. The Labute approximate surface area is 129 Å². The van der Waals surface area contributed by atoms with Gasteiger partial charge >= 0.3 is 0 Å². The first-order chi connectivity index (χ1) is 10.2. The molecule has 1 aliphatic carbocycles. The topological polar surface area (TPSA) is 30.5 Å². The Morgan fingerprint density at radius 2 is 1.95 bits per heavy atom. The second-order valence-electron chi connectivity index (χ2n) is 6.15. The Morgan fingerprint density at radius 3 is 2.62 bits per heavy atom. The molecule has 2 rings (SSSR count). The van der Waals surface area contributed by atoms with Crippen molar-refractivity contribution in [1.29, 1.82) is 0 Å². The third kappa shape index (κ3) is 4.92. The molecule has 3 nitrogen and oxygen atoms in total. The van der Waals surface area contributed by atoms with E-state index in [1.54, 1.807) is 0 Å². The lowest BCUT2D eigenvalue weighted by atomic mass is 9.89. The van der Waals surface area contributed by atoms with Gasteiger partial charge in [-0.3, -0.25) is 0 Å². The molecule has 1 aromatic rings. The standard InChI is InChI=1S/C18H29NO2/c1-4-11-20-17-10-7-15(13-19-3)18(12-17)21-16-8-5-14(2)6-9-16/h7,10,12,14,16,19H,4-6,8-9,11,13H2,1-3H3. The molecule has 1 aliphatic rings. The molecule has 0 aliphatic heterocycles. The summed E-state index contributed by atoms with van der Waals surface area (Å²) in [4.78, 5) is 0. The highest BCUT2D eigenvalue weighted by molar-refractivity contribution is 5.41. The molecular weight excluding hydrogens is 262 g/mol. The number of ether oxygens (including phenoxy) is 2. The highest BCUT2D eigenvalue weighted by Gasteiger charge is 2.20. The van der Waals surface area contributed by atoms with Crippen LogP contribution in [0.3, 0.4) is 0 Å². The van der Waals surface area contributed by atoms with Crippen LogP contribution in [-0.2, 0) is 6.54 Å². The maximum Gasteiger partial charge on any atom is 0.127 e. The van der Waals surface area contributed by atoms with Crippen LogP contribution < -0.4 is 14.8 Å². The molecule has 0 unspecified atom stereocenters. The summed E-state index contributed by atoms with van der Waals surface area (Å²) in [7, 11) is 1.97. The number of hydrogen-bond donors (Lipinski definition) is 1. The monoisotopic (exact) mass is 291 g/mol. The highest BCUT2D eigenvalue weighted by atomic mass is 16.5. The number of benzene rings is 1. The second kappa shape index (κ2) is 8.28. The van der Waals surface area contributed by atoms with E-state index < -0.39 is 0 Å². The van der Waals surface area contributed by atoms with E-state index in [2.05, 4.69) is 31.3 Å². The van der Waals surface area contributed by atoms with Gasteiger partial charge in [0.1, 0.15) is 11.5 Å². The Kier molecular flexibility index (Phi) is 6.37. The van der Waals surface area contributed by atoms with Crippen molar-refractivity contribution in [3.63, 3.8) is 0 Å². The molecule has 0 spiro atoms. The highest BCUT2D eigenvalue weighted by Crippen LogP contribution is 2.31. The number of rotatable bonds is 7. The molecular formula is C18H29NO2. The van der Waals surface area contributed by atoms with Crippen molar-refractivity contribution in [3.8, 4) is 11.5 Å². The lowest BCUT2D eigenvalue weighted by molar-refractivity contribution is 0.133. The molecule has 21 heavy (non-hydrogen) atoms. The van der Waals surface area contributed by atoms with Gasteiger partial charge in [0.25, 0.3) is 0 Å². The van der Waals surface area contributed by atoms with Gasteiger partial charge in [0.15, 0.2) is 0 Å². The predicted molar refractivity (Wildman–Crippen MR) is 87.0 cm³/mol. The molecule has 3 heteroatoms. The minimum atomic E-state index is 0.359. The summed E-state index contributed by atoms with van der Waals surface area (Å²) >= 11 is 0. The van der Waals surface area contributed by atoms with Crippen molar-refractivity contribution >= 4 is 0 Å². The van der Waals surface area contributed by atoms with Crippen molar-refractivity contribution in [2.45, 2.75) is 58.6 Å². The summed E-state index contributed by atoms with van der Waals surface area (Å²) in [5, 5.41) is 3.21. The van der Waals surface area contributed by atoms with Crippen LogP contribution in [0, 0.1) is 5.92 Å². The molecule has 0 amide bonds. The van der Waals surface area contributed by atoms with Gasteiger partial charge in [-0.2, -0.15) is 0 Å². The van der Waals surface area contributed by atoms with Gasteiger partial charge in [-0.25, -0.2) is 0 Å². The summed E-state index contributed by atoms with van der Waals surface area (Å²) in [6, 6.07) is 6.21. The van der Waals surface area contributed by atoms with Crippen LogP contribution >= 0.6 is 0 Å².